The Kier molecular flexibility index (Phi) is 8.39. The van der Waals surface area contributed by atoms with E-state index < -0.39 is 0 Å². The molecule has 1 unspecified atom stereocenters. The lowest BCUT2D eigenvalue weighted by molar-refractivity contribution is -0.137. The summed E-state index contributed by atoms with van der Waals surface area (Å²) in [5.41, 5.74) is 4.84. The van der Waals surface area contributed by atoms with Crippen molar-refractivity contribution in [3.63, 3.8) is 0 Å². The lowest BCUT2D eigenvalue weighted by Gasteiger charge is -2.30. The lowest BCUT2D eigenvalue weighted by atomic mass is 9.92. The average molecular weight is 489 g/mol. The highest BCUT2D eigenvalue weighted by Gasteiger charge is 2.29. The molecule has 1 aromatic heterocycles. The second-order valence-corrected chi connectivity index (χ2v) is 10.8. The zero-order valence-corrected chi connectivity index (χ0v) is 22.9. The van der Waals surface area contributed by atoms with Crippen LogP contribution in [0.1, 0.15) is 76.3 Å². The summed E-state index contributed by atoms with van der Waals surface area (Å²) in [4.78, 5) is 28.5. The van der Waals surface area contributed by atoms with Crippen LogP contribution in [0.2, 0.25) is 0 Å². The van der Waals surface area contributed by atoms with Crippen molar-refractivity contribution in [1.82, 2.24) is 14.7 Å². The molecule has 0 aliphatic rings. The quantitative estimate of drug-likeness (QED) is 0.413. The number of carbonyl (C=O) groups excluding carboxylic acids is 2. The highest BCUT2D eigenvalue weighted by Crippen LogP contribution is 2.28. The minimum absolute atomic E-state index is 0.0251. The molecule has 0 saturated carbocycles. The number of hydrogen-bond donors (Lipinski definition) is 1. The maximum absolute atomic E-state index is 13.5. The third-order valence-electron chi connectivity index (χ3n) is 6.68. The predicted octanol–water partition coefficient (Wildman–Crippen LogP) is 6.16. The zero-order chi connectivity index (χ0) is 26.6. The van der Waals surface area contributed by atoms with Crippen LogP contribution < -0.4 is 5.32 Å². The summed E-state index contributed by atoms with van der Waals surface area (Å²) in [7, 11) is 0. The van der Waals surface area contributed by atoms with Crippen LogP contribution in [0.3, 0.4) is 0 Å². The van der Waals surface area contributed by atoms with Gasteiger partial charge in [0.25, 0.3) is 0 Å². The molecule has 0 fully saturated rings. The van der Waals surface area contributed by atoms with Crippen LogP contribution in [-0.2, 0) is 15.0 Å². The second kappa shape index (κ2) is 11.1. The zero-order valence-electron chi connectivity index (χ0n) is 22.9. The van der Waals surface area contributed by atoms with E-state index in [1.54, 1.807) is 9.58 Å². The van der Waals surface area contributed by atoms with E-state index in [0.717, 1.165) is 28.1 Å². The van der Waals surface area contributed by atoms with Gasteiger partial charge in [-0.05, 0) is 56.9 Å². The number of hydrogen-bond acceptors (Lipinski definition) is 3. The van der Waals surface area contributed by atoms with Crippen molar-refractivity contribution in [3.05, 3.63) is 77.0 Å². The van der Waals surface area contributed by atoms with E-state index in [2.05, 4.69) is 46.0 Å². The van der Waals surface area contributed by atoms with Crippen molar-refractivity contribution in [1.29, 1.82) is 0 Å². The van der Waals surface area contributed by atoms with Gasteiger partial charge in [0.05, 0.1) is 17.3 Å². The Hall–Kier alpha value is -3.41. The molecule has 0 aliphatic carbocycles. The lowest BCUT2D eigenvalue weighted by Crippen LogP contribution is -2.44. The van der Waals surface area contributed by atoms with E-state index in [4.69, 9.17) is 5.10 Å². The van der Waals surface area contributed by atoms with Crippen LogP contribution in [0, 0.1) is 13.8 Å². The molecular weight excluding hydrogens is 448 g/mol. The van der Waals surface area contributed by atoms with E-state index in [9.17, 15) is 9.59 Å². The largest absolute Gasteiger partial charge is 0.330 e. The first-order valence-corrected chi connectivity index (χ1v) is 12.8. The first-order chi connectivity index (χ1) is 16.9. The number of aromatic nitrogens is 2. The highest BCUT2D eigenvalue weighted by atomic mass is 16.2. The molecule has 2 aromatic carbocycles. The average Bonchev–Trinajstić information content (AvgIpc) is 3.24. The third kappa shape index (κ3) is 6.04. The van der Waals surface area contributed by atoms with E-state index in [0.29, 0.717) is 12.2 Å². The molecule has 1 atom stereocenters. The fourth-order valence-corrected chi connectivity index (χ4v) is 4.28. The fraction of sp³-hybridized carbons (Fsp3) is 0.433. The molecule has 0 saturated heterocycles. The number of benzene rings is 2. The Morgan fingerprint density at radius 1 is 1.03 bits per heavy atom. The van der Waals surface area contributed by atoms with Gasteiger partial charge >= 0.3 is 0 Å². The van der Waals surface area contributed by atoms with Crippen molar-refractivity contribution in [2.24, 2.45) is 0 Å². The van der Waals surface area contributed by atoms with Crippen molar-refractivity contribution in [2.75, 3.05) is 11.9 Å². The molecule has 0 radical (unpaired) electrons. The van der Waals surface area contributed by atoms with E-state index in [-0.39, 0.29) is 35.7 Å². The topological polar surface area (TPSA) is 67.2 Å². The molecule has 2 amide bonds. The molecule has 6 heteroatoms. The summed E-state index contributed by atoms with van der Waals surface area (Å²) in [6, 6.07) is 17.7. The monoisotopic (exact) mass is 488 g/mol. The summed E-state index contributed by atoms with van der Waals surface area (Å²) in [6.07, 6.45) is 0.669. The molecule has 3 aromatic rings. The van der Waals surface area contributed by atoms with Crippen LogP contribution in [-0.4, -0.2) is 39.1 Å². The Bertz CT molecular complexity index is 1210. The van der Waals surface area contributed by atoms with Gasteiger partial charge in [-0.25, -0.2) is 4.68 Å². The number of amides is 2. The van der Waals surface area contributed by atoms with Gasteiger partial charge in [0.2, 0.25) is 11.8 Å². The summed E-state index contributed by atoms with van der Waals surface area (Å²) < 4.78 is 1.81. The molecule has 6 nitrogen and oxygen atoms in total. The first-order valence-electron chi connectivity index (χ1n) is 12.8. The number of anilines is 1. The normalized spacial score (nSPS) is 12.5. The summed E-state index contributed by atoms with van der Waals surface area (Å²) in [5.74, 6) is 0.0402. The molecule has 36 heavy (non-hydrogen) atoms. The maximum atomic E-state index is 13.5. The number of carbonyl (C=O) groups is 2. The number of nitrogens with zero attached hydrogens (tertiary/aromatic N) is 3. The molecule has 1 heterocycles. The van der Waals surface area contributed by atoms with Crippen molar-refractivity contribution in [2.45, 2.75) is 79.2 Å². The van der Waals surface area contributed by atoms with Gasteiger partial charge in [-0.1, -0.05) is 70.2 Å². The maximum Gasteiger partial charge on any atom is 0.245 e. The predicted molar refractivity (Wildman–Crippen MR) is 147 cm³/mol. The van der Waals surface area contributed by atoms with E-state index >= 15 is 0 Å². The van der Waals surface area contributed by atoms with Crippen LogP contribution in [0.25, 0.3) is 5.69 Å². The van der Waals surface area contributed by atoms with Crippen LogP contribution in [0.15, 0.2) is 54.6 Å². The van der Waals surface area contributed by atoms with Gasteiger partial charge in [-0.3, -0.25) is 9.59 Å². The Balaban J connectivity index is 1.90. The summed E-state index contributed by atoms with van der Waals surface area (Å²) in [5, 5.41) is 7.91. The van der Waals surface area contributed by atoms with Gasteiger partial charge in [0.15, 0.2) is 0 Å². The molecule has 0 bridgehead atoms. The fourth-order valence-electron chi connectivity index (χ4n) is 4.28. The molecule has 0 spiro atoms. The highest BCUT2D eigenvalue weighted by molar-refractivity contribution is 5.95. The van der Waals surface area contributed by atoms with Crippen molar-refractivity contribution < 1.29 is 9.59 Å². The molecule has 192 valence electrons. The third-order valence-corrected chi connectivity index (χ3v) is 6.68. The van der Waals surface area contributed by atoms with Crippen molar-refractivity contribution in [3.8, 4) is 5.69 Å². The van der Waals surface area contributed by atoms with Crippen LogP contribution in [0.5, 0.6) is 0 Å². The van der Waals surface area contributed by atoms with Crippen molar-refractivity contribution >= 4 is 17.6 Å². The van der Waals surface area contributed by atoms with Gasteiger partial charge in [-0.15, -0.1) is 0 Å². The van der Waals surface area contributed by atoms with Crippen LogP contribution >= 0.6 is 0 Å². The summed E-state index contributed by atoms with van der Waals surface area (Å²) in [6.45, 7) is 16.3. The Morgan fingerprint density at radius 2 is 1.69 bits per heavy atom. The number of rotatable bonds is 8. The molecular formula is C30H40N4O2. The Labute approximate surface area is 215 Å². The molecule has 1 N–H and O–H groups in total. The van der Waals surface area contributed by atoms with Gasteiger partial charge < -0.3 is 10.2 Å². The first kappa shape index (κ1) is 27.2. The van der Waals surface area contributed by atoms with Crippen LogP contribution in [0.4, 0.5) is 5.82 Å². The Morgan fingerprint density at radius 3 is 2.28 bits per heavy atom. The smallest absolute Gasteiger partial charge is 0.245 e. The minimum atomic E-state index is -0.283. The second-order valence-electron chi connectivity index (χ2n) is 10.8. The van der Waals surface area contributed by atoms with Gasteiger partial charge in [0, 0.05) is 17.5 Å². The van der Waals surface area contributed by atoms with E-state index in [1.165, 1.54) is 0 Å². The van der Waals surface area contributed by atoms with Gasteiger partial charge in [-0.2, -0.15) is 5.10 Å². The standard InChI is InChI=1S/C30H40N4O2/c1-9-24(23-15-11-10-12-16-23)29(36)33(20(2)3)19-28(35)31-27-18-26(30(6,7)8)32-34(27)25-17-13-14-21(4)22(25)5/h10-18,20,24H,9,19H2,1-8H3,(H,31,35). The van der Waals surface area contributed by atoms with Gasteiger partial charge in [0.1, 0.15) is 12.4 Å². The van der Waals surface area contributed by atoms with E-state index in [1.807, 2.05) is 69.3 Å². The number of aryl methyl sites for hydroxylation is 1. The molecule has 0 aliphatic heterocycles. The SMILES string of the molecule is CCC(C(=O)N(CC(=O)Nc1cc(C(C)(C)C)nn1-c1cccc(C)c1C)C(C)C)c1ccccc1. The minimum Gasteiger partial charge on any atom is -0.330 e. The number of nitrogens with one attached hydrogen (secondary N) is 1. The molecule has 3 rings (SSSR count). The summed E-state index contributed by atoms with van der Waals surface area (Å²) >= 11 is 0.